The van der Waals surface area contributed by atoms with Crippen LogP contribution in [0.3, 0.4) is 0 Å². The zero-order valence-electron chi connectivity index (χ0n) is 15.8. The van der Waals surface area contributed by atoms with Gasteiger partial charge in [0.05, 0.1) is 19.3 Å². The van der Waals surface area contributed by atoms with Crippen LogP contribution < -0.4 is 0 Å². The van der Waals surface area contributed by atoms with Crippen LogP contribution in [-0.2, 0) is 27.9 Å². The van der Waals surface area contributed by atoms with E-state index in [1.165, 1.54) is 27.8 Å². The van der Waals surface area contributed by atoms with Crippen molar-refractivity contribution in [2.75, 3.05) is 19.3 Å². The number of amides is 1. The van der Waals surface area contributed by atoms with Gasteiger partial charge in [0.15, 0.2) is 0 Å². The van der Waals surface area contributed by atoms with Crippen LogP contribution in [0.25, 0.3) is 0 Å². The Kier molecular flexibility index (Phi) is 7.52. The molecule has 0 fully saturated rings. The number of carbonyl (C=O) groups excluding carboxylic acids is 1. The number of hydrogen-bond donors (Lipinski definition) is 0. The summed E-state index contributed by atoms with van der Waals surface area (Å²) in [6.07, 6.45) is 1.12. The van der Waals surface area contributed by atoms with Gasteiger partial charge in [-0.25, -0.2) is 12.8 Å². The number of thiophene rings is 1. The van der Waals surface area contributed by atoms with E-state index in [1.807, 2.05) is 31.4 Å². The van der Waals surface area contributed by atoms with Gasteiger partial charge in [0.25, 0.3) is 0 Å². The van der Waals surface area contributed by atoms with Crippen LogP contribution in [-0.4, -0.2) is 42.9 Å². The monoisotopic (exact) mass is 412 g/mol. The van der Waals surface area contributed by atoms with E-state index in [1.54, 1.807) is 17.0 Å². The Bertz CT molecular complexity index is 834. The maximum Gasteiger partial charge on any atom is 0.238 e. The molecule has 2 rings (SSSR count). The normalized spacial score (nSPS) is 11.9. The molecule has 27 heavy (non-hydrogen) atoms. The van der Waals surface area contributed by atoms with Crippen LogP contribution in [0.2, 0.25) is 0 Å². The lowest BCUT2D eigenvalue weighted by atomic mass is 10.2. The number of sulfonamides is 1. The van der Waals surface area contributed by atoms with Gasteiger partial charge in [-0.05, 0) is 35.1 Å². The molecule has 0 aliphatic heterocycles. The molecule has 5 nitrogen and oxygen atoms in total. The summed E-state index contributed by atoms with van der Waals surface area (Å²) in [7, 11) is -3.49. The fourth-order valence-electron chi connectivity index (χ4n) is 2.61. The Labute approximate surface area is 164 Å². The van der Waals surface area contributed by atoms with E-state index in [0.29, 0.717) is 6.54 Å². The maximum atomic E-state index is 13.2. The van der Waals surface area contributed by atoms with Crippen LogP contribution in [0.1, 0.15) is 24.3 Å². The van der Waals surface area contributed by atoms with E-state index < -0.39 is 10.0 Å². The highest BCUT2D eigenvalue weighted by molar-refractivity contribution is 7.88. The molecular formula is C19H25FN2O3S2. The minimum atomic E-state index is -3.49. The van der Waals surface area contributed by atoms with Crippen molar-refractivity contribution in [3.05, 3.63) is 58.0 Å². The maximum absolute atomic E-state index is 13.2. The first-order chi connectivity index (χ1) is 12.6. The third-order valence-corrected chi connectivity index (χ3v) is 5.99. The summed E-state index contributed by atoms with van der Waals surface area (Å²) in [6, 6.07) is 9.80. The van der Waals surface area contributed by atoms with Gasteiger partial charge in [0.2, 0.25) is 15.9 Å². The van der Waals surface area contributed by atoms with Gasteiger partial charge in [-0.2, -0.15) is 4.31 Å². The molecule has 0 radical (unpaired) electrons. The quantitative estimate of drug-likeness (QED) is 0.635. The highest BCUT2D eigenvalue weighted by Gasteiger charge is 2.24. The number of nitrogens with zero attached hydrogens (tertiary/aromatic N) is 2. The van der Waals surface area contributed by atoms with Crippen molar-refractivity contribution >= 4 is 27.3 Å². The van der Waals surface area contributed by atoms with E-state index in [2.05, 4.69) is 0 Å². The van der Waals surface area contributed by atoms with Crippen LogP contribution >= 0.6 is 11.3 Å². The molecule has 0 spiro atoms. The summed E-state index contributed by atoms with van der Waals surface area (Å²) >= 11 is 1.53. The van der Waals surface area contributed by atoms with E-state index >= 15 is 0 Å². The zero-order valence-corrected chi connectivity index (χ0v) is 17.4. The van der Waals surface area contributed by atoms with Crippen LogP contribution in [0, 0.1) is 11.7 Å². The molecule has 2 aromatic rings. The van der Waals surface area contributed by atoms with Crippen molar-refractivity contribution in [2.24, 2.45) is 5.92 Å². The molecule has 1 aromatic carbocycles. The summed E-state index contributed by atoms with van der Waals surface area (Å²) in [6.45, 7) is 4.57. The van der Waals surface area contributed by atoms with Crippen molar-refractivity contribution in [3.63, 3.8) is 0 Å². The fourth-order valence-corrected chi connectivity index (χ4v) is 4.24. The summed E-state index contributed by atoms with van der Waals surface area (Å²) in [5.74, 6) is -0.510. The van der Waals surface area contributed by atoms with E-state index in [9.17, 15) is 17.6 Å². The second-order valence-corrected chi connectivity index (χ2v) is 9.92. The van der Waals surface area contributed by atoms with E-state index in [0.717, 1.165) is 16.7 Å². The smallest absolute Gasteiger partial charge is 0.238 e. The number of benzene rings is 1. The van der Waals surface area contributed by atoms with Crippen LogP contribution in [0.4, 0.5) is 4.39 Å². The summed E-state index contributed by atoms with van der Waals surface area (Å²) in [5, 5.41) is 1.93. The predicted octanol–water partition coefficient (Wildman–Crippen LogP) is 3.33. The SMILES string of the molecule is CC(C)CN(CC(=O)N(Cc1ccc(F)cc1)Cc1cccs1)S(C)(=O)=O. The molecule has 0 aliphatic rings. The number of carbonyl (C=O) groups is 1. The summed E-state index contributed by atoms with van der Waals surface area (Å²) in [5.41, 5.74) is 0.788. The summed E-state index contributed by atoms with van der Waals surface area (Å²) < 4.78 is 38.5. The average Bonchev–Trinajstić information content (AvgIpc) is 3.07. The Balaban J connectivity index is 2.19. The second kappa shape index (κ2) is 9.43. The van der Waals surface area contributed by atoms with Crippen LogP contribution in [0.15, 0.2) is 41.8 Å². The average molecular weight is 413 g/mol. The first-order valence-corrected chi connectivity index (χ1v) is 11.4. The molecule has 0 unspecified atom stereocenters. The van der Waals surface area contributed by atoms with Crippen molar-refractivity contribution in [1.29, 1.82) is 0 Å². The lowest BCUT2D eigenvalue weighted by Gasteiger charge is -2.27. The predicted molar refractivity (Wildman–Crippen MR) is 106 cm³/mol. The van der Waals surface area contributed by atoms with Crippen molar-refractivity contribution in [3.8, 4) is 0 Å². The molecule has 0 saturated carbocycles. The number of halogens is 1. The Morgan fingerprint density at radius 2 is 1.81 bits per heavy atom. The summed E-state index contributed by atoms with van der Waals surface area (Å²) in [4.78, 5) is 15.5. The minimum Gasteiger partial charge on any atom is -0.332 e. The van der Waals surface area contributed by atoms with Gasteiger partial charge < -0.3 is 4.90 Å². The Hall–Kier alpha value is -1.77. The topological polar surface area (TPSA) is 57.7 Å². The van der Waals surface area contributed by atoms with Gasteiger partial charge in [0.1, 0.15) is 5.82 Å². The van der Waals surface area contributed by atoms with Crippen LogP contribution in [0.5, 0.6) is 0 Å². The Morgan fingerprint density at radius 1 is 1.15 bits per heavy atom. The van der Waals surface area contributed by atoms with E-state index in [4.69, 9.17) is 0 Å². The van der Waals surface area contributed by atoms with Gasteiger partial charge in [-0.3, -0.25) is 4.79 Å². The third kappa shape index (κ3) is 7.04. The lowest BCUT2D eigenvalue weighted by molar-refractivity contribution is -0.132. The minimum absolute atomic E-state index is 0.107. The number of hydrogen-bond acceptors (Lipinski definition) is 4. The Morgan fingerprint density at radius 3 is 2.33 bits per heavy atom. The molecule has 1 heterocycles. The number of rotatable bonds is 9. The highest BCUT2D eigenvalue weighted by atomic mass is 32.2. The second-order valence-electron chi connectivity index (χ2n) is 6.90. The van der Waals surface area contributed by atoms with E-state index in [-0.39, 0.29) is 37.3 Å². The highest BCUT2D eigenvalue weighted by Crippen LogP contribution is 2.16. The molecule has 0 saturated heterocycles. The molecule has 148 valence electrons. The van der Waals surface area contributed by atoms with Crippen molar-refractivity contribution in [2.45, 2.75) is 26.9 Å². The van der Waals surface area contributed by atoms with Gasteiger partial charge >= 0.3 is 0 Å². The molecular weight excluding hydrogens is 387 g/mol. The standard InChI is InChI=1S/C19H25FN2O3S2/c1-15(2)11-22(27(3,24)25)14-19(23)21(13-18-5-4-10-26-18)12-16-6-8-17(20)9-7-16/h4-10,15H,11-14H2,1-3H3. The zero-order chi connectivity index (χ0) is 20.0. The van der Waals surface area contributed by atoms with Gasteiger partial charge in [-0.15, -0.1) is 11.3 Å². The molecule has 0 bridgehead atoms. The van der Waals surface area contributed by atoms with Gasteiger partial charge in [-0.1, -0.05) is 32.0 Å². The molecule has 8 heteroatoms. The van der Waals surface area contributed by atoms with Gasteiger partial charge in [0, 0.05) is 18.0 Å². The first kappa shape index (κ1) is 21.5. The fraction of sp³-hybridized carbons (Fsp3) is 0.421. The molecule has 0 aliphatic carbocycles. The molecule has 1 aromatic heterocycles. The largest absolute Gasteiger partial charge is 0.332 e. The first-order valence-electron chi connectivity index (χ1n) is 8.65. The molecule has 0 atom stereocenters. The lowest BCUT2D eigenvalue weighted by Crippen LogP contribution is -2.43. The molecule has 1 amide bonds. The van der Waals surface area contributed by atoms with Crippen molar-refractivity contribution < 1.29 is 17.6 Å². The van der Waals surface area contributed by atoms with Crippen molar-refractivity contribution in [1.82, 2.24) is 9.21 Å². The third-order valence-electron chi connectivity index (χ3n) is 3.92. The molecule has 0 N–H and O–H groups in total.